The SMILES string of the molecule is CN=C(N)c1ccc(C)c(CCNC(=O)c2ccc(-c3ccccc3S(N)(=O)=O)cc2)c1. The molecule has 0 heterocycles. The minimum absolute atomic E-state index is 0.0450. The topological polar surface area (TPSA) is 128 Å². The molecule has 0 saturated carbocycles. The lowest BCUT2D eigenvalue weighted by molar-refractivity contribution is 0.0954. The summed E-state index contributed by atoms with van der Waals surface area (Å²) in [5, 5.41) is 8.23. The van der Waals surface area contributed by atoms with Crippen LogP contribution < -0.4 is 16.2 Å². The molecular weight excluding hydrogens is 424 g/mol. The van der Waals surface area contributed by atoms with Crippen LogP contribution in [0, 0.1) is 6.92 Å². The number of hydrogen-bond donors (Lipinski definition) is 3. The number of nitrogens with one attached hydrogen (secondary N) is 1. The summed E-state index contributed by atoms with van der Waals surface area (Å²) in [5.74, 6) is 0.263. The Hall–Kier alpha value is -3.49. The number of sulfonamides is 1. The second-order valence-electron chi connectivity index (χ2n) is 7.37. The molecule has 3 rings (SSSR count). The molecule has 0 aliphatic heterocycles. The van der Waals surface area contributed by atoms with Crippen LogP contribution in [0.1, 0.15) is 27.0 Å². The van der Waals surface area contributed by atoms with E-state index in [0.717, 1.165) is 16.7 Å². The Balaban J connectivity index is 1.68. The summed E-state index contributed by atoms with van der Waals surface area (Å²) in [6, 6.07) is 19.1. The Morgan fingerprint density at radius 3 is 2.31 bits per heavy atom. The van der Waals surface area contributed by atoms with Crippen LogP contribution in [-0.2, 0) is 16.4 Å². The lowest BCUT2D eigenvalue weighted by atomic mass is 10.0. The zero-order valence-electron chi connectivity index (χ0n) is 18.0. The minimum atomic E-state index is -3.85. The van der Waals surface area contributed by atoms with Crippen LogP contribution in [0.2, 0.25) is 0 Å². The number of amides is 1. The minimum Gasteiger partial charge on any atom is -0.384 e. The number of carbonyl (C=O) groups is 1. The molecule has 8 heteroatoms. The summed E-state index contributed by atoms with van der Waals surface area (Å²) < 4.78 is 23.7. The Bertz CT molecular complexity index is 1270. The number of primary sulfonamides is 1. The molecule has 7 nitrogen and oxygen atoms in total. The average molecular weight is 451 g/mol. The van der Waals surface area contributed by atoms with Crippen LogP contribution in [0.15, 0.2) is 76.6 Å². The van der Waals surface area contributed by atoms with Crippen LogP contribution >= 0.6 is 0 Å². The summed E-state index contributed by atoms with van der Waals surface area (Å²) in [6.07, 6.45) is 0.655. The molecule has 0 fully saturated rings. The van der Waals surface area contributed by atoms with Gasteiger partial charge in [0.15, 0.2) is 0 Å². The normalized spacial score (nSPS) is 11.9. The van der Waals surface area contributed by atoms with Gasteiger partial charge in [-0.1, -0.05) is 42.5 Å². The van der Waals surface area contributed by atoms with Crippen molar-refractivity contribution in [2.75, 3.05) is 13.6 Å². The summed E-state index contributed by atoms with van der Waals surface area (Å²) in [5.41, 5.74) is 10.6. The fourth-order valence-corrected chi connectivity index (χ4v) is 4.16. The predicted molar refractivity (Wildman–Crippen MR) is 127 cm³/mol. The van der Waals surface area contributed by atoms with E-state index >= 15 is 0 Å². The van der Waals surface area contributed by atoms with E-state index in [4.69, 9.17) is 10.9 Å². The van der Waals surface area contributed by atoms with E-state index in [2.05, 4.69) is 10.3 Å². The molecule has 3 aromatic rings. The summed E-state index contributed by atoms with van der Waals surface area (Å²) in [6.45, 7) is 2.47. The second-order valence-corrected chi connectivity index (χ2v) is 8.90. The Labute approximate surface area is 188 Å². The van der Waals surface area contributed by atoms with Gasteiger partial charge < -0.3 is 11.1 Å². The lowest BCUT2D eigenvalue weighted by Gasteiger charge is -2.11. The van der Waals surface area contributed by atoms with Crippen LogP contribution in [0.5, 0.6) is 0 Å². The van der Waals surface area contributed by atoms with Gasteiger partial charge in [0, 0.05) is 30.3 Å². The van der Waals surface area contributed by atoms with E-state index in [0.29, 0.717) is 35.5 Å². The third-order valence-electron chi connectivity index (χ3n) is 5.22. The zero-order chi connectivity index (χ0) is 23.3. The number of aryl methyl sites for hydroxylation is 1. The van der Waals surface area contributed by atoms with E-state index in [1.807, 2.05) is 25.1 Å². The molecule has 32 heavy (non-hydrogen) atoms. The zero-order valence-corrected chi connectivity index (χ0v) is 18.8. The summed E-state index contributed by atoms with van der Waals surface area (Å²) in [4.78, 5) is 16.6. The smallest absolute Gasteiger partial charge is 0.251 e. The molecule has 0 unspecified atom stereocenters. The molecule has 0 aromatic heterocycles. The van der Waals surface area contributed by atoms with Gasteiger partial charge in [-0.15, -0.1) is 0 Å². The van der Waals surface area contributed by atoms with Gasteiger partial charge in [0.05, 0.1) is 4.90 Å². The maximum atomic E-state index is 12.5. The molecular formula is C24H26N4O3S. The highest BCUT2D eigenvalue weighted by molar-refractivity contribution is 7.89. The predicted octanol–water partition coefficient (Wildman–Crippen LogP) is 2.62. The molecule has 0 radical (unpaired) electrons. The molecule has 0 aliphatic rings. The number of benzene rings is 3. The molecule has 1 amide bonds. The third-order valence-corrected chi connectivity index (χ3v) is 6.19. The number of aliphatic imine (C=N–C) groups is 1. The van der Waals surface area contributed by atoms with E-state index in [1.54, 1.807) is 49.5 Å². The van der Waals surface area contributed by atoms with E-state index in [1.165, 1.54) is 6.07 Å². The van der Waals surface area contributed by atoms with Gasteiger partial charge in [-0.2, -0.15) is 0 Å². The average Bonchev–Trinajstić information content (AvgIpc) is 2.79. The van der Waals surface area contributed by atoms with Crippen molar-refractivity contribution in [3.63, 3.8) is 0 Å². The number of rotatable bonds is 7. The van der Waals surface area contributed by atoms with Crippen molar-refractivity contribution in [1.82, 2.24) is 5.32 Å². The summed E-state index contributed by atoms with van der Waals surface area (Å²) >= 11 is 0. The van der Waals surface area contributed by atoms with Crippen LogP contribution in [-0.4, -0.2) is 33.8 Å². The number of nitrogens with zero attached hydrogens (tertiary/aromatic N) is 1. The highest BCUT2D eigenvalue weighted by Crippen LogP contribution is 2.26. The third kappa shape index (κ3) is 5.40. The van der Waals surface area contributed by atoms with Crippen molar-refractivity contribution in [3.05, 3.63) is 89.0 Å². The Morgan fingerprint density at radius 2 is 1.66 bits per heavy atom. The fraction of sp³-hybridized carbons (Fsp3) is 0.167. The van der Waals surface area contributed by atoms with Gasteiger partial charge in [-0.25, -0.2) is 13.6 Å². The first kappa shape index (κ1) is 23.2. The van der Waals surface area contributed by atoms with Gasteiger partial charge in [0.2, 0.25) is 10.0 Å². The highest BCUT2D eigenvalue weighted by Gasteiger charge is 2.15. The van der Waals surface area contributed by atoms with Crippen molar-refractivity contribution in [1.29, 1.82) is 0 Å². The van der Waals surface area contributed by atoms with Gasteiger partial charge in [-0.05, 0) is 54.3 Å². The maximum Gasteiger partial charge on any atom is 0.251 e. The van der Waals surface area contributed by atoms with Gasteiger partial charge >= 0.3 is 0 Å². The van der Waals surface area contributed by atoms with Crippen LogP contribution in [0.3, 0.4) is 0 Å². The van der Waals surface area contributed by atoms with E-state index in [9.17, 15) is 13.2 Å². The lowest BCUT2D eigenvalue weighted by Crippen LogP contribution is -2.26. The quantitative estimate of drug-likeness (QED) is 0.378. The molecule has 0 atom stereocenters. The molecule has 0 spiro atoms. The van der Waals surface area contributed by atoms with Crippen molar-refractivity contribution in [3.8, 4) is 11.1 Å². The number of carbonyl (C=O) groups excluding carboxylic acids is 1. The van der Waals surface area contributed by atoms with Crippen molar-refractivity contribution in [2.24, 2.45) is 15.9 Å². The highest BCUT2D eigenvalue weighted by atomic mass is 32.2. The first-order chi connectivity index (χ1) is 15.2. The van der Waals surface area contributed by atoms with Crippen molar-refractivity contribution in [2.45, 2.75) is 18.2 Å². The van der Waals surface area contributed by atoms with Crippen molar-refractivity contribution < 1.29 is 13.2 Å². The summed E-state index contributed by atoms with van der Waals surface area (Å²) in [7, 11) is -2.21. The molecule has 166 valence electrons. The molecule has 0 saturated heterocycles. The largest absolute Gasteiger partial charge is 0.384 e. The molecule has 0 bridgehead atoms. The Kier molecular flexibility index (Phi) is 7.07. The second kappa shape index (κ2) is 9.76. The first-order valence-corrected chi connectivity index (χ1v) is 11.6. The number of hydrogen-bond acceptors (Lipinski definition) is 4. The van der Waals surface area contributed by atoms with Gasteiger partial charge in [-0.3, -0.25) is 9.79 Å². The van der Waals surface area contributed by atoms with E-state index < -0.39 is 10.0 Å². The Morgan fingerprint density at radius 1 is 1.00 bits per heavy atom. The molecule has 5 N–H and O–H groups in total. The number of nitrogens with two attached hydrogens (primary N) is 2. The van der Waals surface area contributed by atoms with Gasteiger partial charge in [0.1, 0.15) is 5.84 Å². The van der Waals surface area contributed by atoms with Gasteiger partial charge in [0.25, 0.3) is 5.91 Å². The standard InChI is InChI=1S/C24H26N4O3S/c1-16-7-8-20(23(25)27-2)15-19(16)13-14-28-24(29)18-11-9-17(10-12-18)21-5-3-4-6-22(21)32(26,30)31/h3-12,15H,13-14H2,1-2H3,(H2,25,27)(H,28,29)(H2,26,30,31). The first-order valence-electron chi connectivity index (χ1n) is 10.0. The van der Waals surface area contributed by atoms with E-state index in [-0.39, 0.29) is 10.8 Å². The molecule has 0 aliphatic carbocycles. The fourth-order valence-electron chi connectivity index (χ4n) is 3.40. The maximum absolute atomic E-state index is 12.5. The van der Waals surface area contributed by atoms with Crippen LogP contribution in [0.4, 0.5) is 0 Å². The van der Waals surface area contributed by atoms with Crippen molar-refractivity contribution >= 4 is 21.8 Å². The number of amidine groups is 1. The van der Waals surface area contributed by atoms with Crippen LogP contribution in [0.25, 0.3) is 11.1 Å². The molecule has 3 aromatic carbocycles. The monoisotopic (exact) mass is 450 g/mol.